The number of benzene rings is 3. The van der Waals surface area contributed by atoms with Crippen LogP contribution in [0.1, 0.15) is 5.56 Å². The monoisotopic (exact) mass is 322 g/mol. The van der Waals surface area contributed by atoms with Crippen molar-refractivity contribution in [3.8, 4) is 11.5 Å². The van der Waals surface area contributed by atoms with Crippen molar-refractivity contribution in [1.29, 1.82) is 0 Å². The number of rotatable bonds is 6. The van der Waals surface area contributed by atoms with E-state index in [0.717, 1.165) is 22.1 Å². The lowest BCUT2D eigenvalue weighted by molar-refractivity contribution is -0.147. The third kappa shape index (κ3) is 4.04. The molecule has 0 aliphatic heterocycles. The van der Waals surface area contributed by atoms with Crippen LogP contribution >= 0.6 is 0 Å². The summed E-state index contributed by atoms with van der Waals surface area (Å²) in [6, 6.07) is 21.1. The van der Waals surface area contributed by atoms with Crippen molar-refractivity contribution < 1.29 is 19.0 Å². The predicted octanol–water partition coefficient (Wildman–Crippen LogP) is 3.97. The quantitative estimate of drug-likeness (QED) is 0.644. The Balaban J connectivity index is 1.50. The summed E-state index contributed by atoms with van der Waals surface area (Å²) >= 11 is 0. The molecule has 24 heavy (non-hydrogen) atoms. The Morgan fingerprint density at radius 2 is 1.58 bits per heavy atom. The summed E-state index contributed by atoms with van der Waals surface area (Å²) in [4.78, 5) is 11.8. The highest BCUT2D eigenvalue weighted by Crippen LogP contribution is 2.20. The smallest absolute Gasteiger partial charge is 0.344 e. The number of ether oxygens (including phenoxy) is 3. The summed E-state index contributed by atoms with van der Waals surface area (Å²) in [6.07, 6.45) is 0. The van der Waals surface area contributed by atoms with E-state index < -0.39 is 5.97 Å². The van der Waals surface area contributed by atoms with Crippen molar-refractivity contribution in [1.82, 2.24) is 0 Å². The lowest BCUT2D eigenvalue weighted by Crippen LogP contribution is -2.14. The van der Waals surface area contributed by atoms with E-state index in [2.05, 4.69) is 0 Å². The van der Waals surface area contributed by atoms with E-state index in [1.54, 1.807) is 7.11 Å². The highest BCUT2D eigenvalue weighted by molar-refractivity contribution is 5.83. The molecular weight excluding hydrogens is 304 g/mol. The molecular formula is C20H18O4. The first-order valence-electron chi connectivity index (χ1n) is 7.65. The van der Waals surface area contributed by atoms with Gasteiger partial charge < -0.3 is 14.2 Å². The second-order valence-corrected chi connectivity index (χ2v) is 5.31. The maximum Gasteiger partial charge on any atom is 0.344 e. The van der Waals surface area contributed by atoms with E-state index in [-0.39, 0.29) is 13.2 Å². The van der Waals surface area contributed by atoms with Crippen molar-refractivity contribution in [2.75, 3.05) is 13.7 Å². The van der Waals surface area contributed by atoms with Crippen LogP contribution in [0.15, 0.2) is 66.7 Å². The summed E-state index contributed by atoms with van der Waals surface area (Å²) in [7, 11) is 1.61. The molecule has 0 heterocycles. The van der Waals surface area contributed by atoms with E-state index in [1.807, 2.05) is 66.7 Å². The standard InChI is InChI=1S/C20H18O4/c1-22-18-9-6-15(7-10-18)13-24-20(21)14-23-19-11-8-16-4-2-3-5-17(16)12-19/h2-12H,13-14H2,1H3. The van der Waals surface area contributed by atoms with Crippen molar-refractivity contribution in [2.24, 2.45) is 0 Å². The number of fused-ring (bicyclic) bond motifs is 1. The van der Waals surface area contributed by atoms with E-state index in [4.69, 9.17) is 14.2 Å². The fourth-order valence-corrected chi connectivity index (χ4v) is 2.33. The summed E-state index contributed by atoms with van der Waals surface area (Å²) in [5.41, 5.74) is 0.898. The first kappa shape index (κ1) is 15.9. The van der Waals surface area contributed by atoms with Crippen molar-refractivity contribution in [3.05, 3.63) is 72.3 Å². The predicted molar refractivity (Wildman–Crippen MR) is 92.2 cm³/mol. The van der Waals surface area contributed by atoms with Gasteiger partial charge in [-0.2, -0.15) is 0 Å². The normalized spacial score (nSPS) is 10.4. The average molecular weight is 322 g/mol. The zero-order valence-corrected chi connectivity index (χ0v) is 13.4. The molecule has 0 N–H and O–H groups in total. The SMILES string of the molecule is COc1ccc(COC(=O)COc2ccc3ccccc3c2)cc1. The third-order valence-corrected chi connectivity index (χ3v) is 3.64. The highest BCUT2D eigenvalue weighted by Gasteiger charge is 2.06. The number of carbonyl (C=O) groups excluding carboxylic acids is 1. The van der Waals surface area contributed by atoms with Crippen LogP contribution in [0.4, 0.5) is 0 Å². The topological polar surface area (TPSA) is 44.8 Å². The molecule has 3 rings (SSSR count). The van der Waals surface area contributed by atoms with Gasteiger partial charge in [-0.3, -0.25) is 0 Å². The molecule has 3 aromatic rings. The van der Waals surface area contributed by atoms with Gasteiger partial charge in [-0.05, 0) is 40.6 Å². The average Bonchev–Trinajstić information content (AvgIpc) is 2.65. The fourth-order valence-electron chi connectivity index (χ4n) is 2.33. The first-order valence-corrected chi connectivity index (χ1v) is 7.65. The molecule has 0 saturated heterocycles. The maximum atomic E-state index is 11.8. The third-order valence-electron chi connectivity index (χ3n) is 3.64. The molecule has 0 amide bonds. The number of methoxy groups -OCH3 is 1. The van der Waals surface area contributed by atoms with Gasteiger partial charge in [0.2, 0.25) is 0 Å². The molecule has 0 radical (unpaired) electrons. The van der Waals surface area contributed by atoms with Crippen LogP contribution in [0.25, 0.3) is 10.8 Å². The van der Waals surface area contributed by atoms with Crippen LogP contribution in [-0.2, 0) is 16.1 Å². The van der Waals surface area contributed by atoms with Crippen LogP contribution in [0.5, 0.6) is 11.5 Å². The summed E-state index contributed by atoms with van der Waals surface area (Å²) in [5.74, 6) is 1.01. The van der Waals surface area contributed by atoms with Gasteiger partial charge in [0.25, 0.3) is 0 Å². The minimum Gasteiger partial charge on any atom is -0.497 e. The van der Waals surface area contributed by atoms with Gasteiger partial charge in [0, 0.05) is 0 Å². The molecule has 0 saturated carbocycles. The number of hydrogen-bond donors (Lipinski definition) is 0. The lowest BCUT2D eigenvalue weighted by atomic mass is 10.1. The minimum absolute atomic E-state index is 0.117. The second-order valence-electron chi connectivity index (χ2n) is 5.31. The zero-order chi connectivity index (χ0) is 16.8. The molecule has 0 aliphatic carbocycles. The van der Waals surface area contributed by atoms with Crippen molar-refractivity contribution >= 4 is 16.7 Å². The lowest BCUT2D eigenvalue weighted by Gasteiger charge is -2.08. The van der Waals surface area contributed by atoms with Gasteiger partial charge in [-0.25, -0.2) is 4.79 Å². The van der Waals surface area contributed by atoms with E-state index >= 15 is 0 Å². The fraction of sp³-hybridized carbons (Fsp3) is 0.150. The van der Waals surface area contributed by atoms with Gasteiger partial charge in [-0.1, -0.05) is 42.5 Å². The van der Waals surface area contributed by atoms with Gasteiger partial charge >= 0.3 is 5.97 Å². The van der Waals surface area contributed by atoms with Crippen LogP contribution < -0.4 is 9.47 Å². The molecule has 3 aromatic carbocycles. The van der Waals surface area contributed by atoms with Crippen LogP contribution in [0.2, 0.25) is 0 Å². The largest absolute Gasteiger partial charge is 0.497 e. The number of hydrogen-bond acceptors (Lipinski definition) is 4. The Morgan fingerprint density at radius 1 is 0.875 bits per heavy atom. The Kier molecular flexibility index (Phi) is 4.96. The Hall–Kier alpha value is -3.01. The summed E-state index contributed by atoms with van der Waals surface area (Å²) < 4.78 is 15.8. The molecule has 0 aromatic heterocycles. The minimum atomic E-state index is -0.404. The molecule has 0 bridgehead atoms. The Bertz CT molecular complexity index is 824. The molecule has 4 heteroatoms. The highest BCUT2D eigenvalue weighted by atomic mass is 16.6. The molecule has 0 fully saturated rings. The van der Waals surface area contributed by atoms with Crippen molar-refractivity contribution in [3.63, 3.8) is 0 Å². The van der Waals surface area contributed by atoms with Gasteiger partial charge in [0.05, 0.1) is 7.11 Å². The molecule has 0 unspecified atom stereocenters. The van der Waals surface area contributed by atoms with Gasteiger partial charge in [0.15, 0.2) is 6.61 Å². The number of carbonyl (C=O) groups is 1. The zero-order valence-electron chi connectivity index (χ0n) is 13.4. The number of esters is 1. The van der Waals surface area contributed by atoms with Crippen molar-refractivity contribution in [2.45, 2.75) is 6.61 Å². The Morgan fingerprint density at radius 3 is 2.33 bits per heavy atom. The van der Waals surface area contributed by atoms with Crippen LogP contribution in [0.3, 0.4) is 0 Å². The second kappa shape index (κ2) is 7.51. The van der Waals surface area contributed by atoms with E-state index in [9.17, 15) is 4.79 Å². The molecule has 122 valence electrons. The molecule has 0 atom stereocenters. The van der Waals surface area contributed by atoms with E-state index in [0.29, 0.717) is 5.75 Å². The molecule has 0 spiro atoms. The molecule has 4 nitrogen and oxygen atoms in total. The van der Waals surface area contributed by atoms with Gasteiger partial charge in [-0.15, -0.1) is 0 Å². The van der Waals surface area contributed by atoms with Gasteiger partial charge in [0.1, 0.15) is 18.1 Å². The van der Waals surface area contributed by atoms with Crippen LogP contribution in [0, 0.1) is 0 Å². The maximum absolute atomic E-state index is 11.8. The van der Waals surface area contributed by atoms with E-state index in [1.165, 1.54) is 0 Å². The summed E-state index contributed by atoms with van der Waals surface area (Å²) in [6.45, 7) is 0.0956. The van der Waals surface area contributed by atoms with Crippen LogP contribution in [-0.4, -0.2) is 19.7 Å². The first-order chi connectivity index (χ1) is 11.7. The summed E-state index contributed by atoms with van der Waals surface area (Å²) in [5, 5.41) is 2.20. The Labute approximate surface area is 140 Å². The molecule has 0 aliphatic rings.